The van der Waals surface area contributed by atoms with Gasteiger partial charge in [-0.25, -0.2) is 0 Å². The molecule has 0 amide bonds. The quantitative estimate of drug-likeness (QED) is 0.0944. The molecule has 4 aliphatic rings. The summed E-state index contributed by atoms with van der Waals surface area (Å²) >= 11 is 0. The van der Waals surface area contributed by atoms with Crippen LogP contribution in [0.25, 0.3) is 121 Å². The molecule has 2 spiro atoms. The molecular weight excluding hydrogens is 1780 g/mol. The van der Waals surface area contributed by atoms with Crippen molar-refractivity contribution in [2.24, 2.45) is 0 Å². The molecule has 25 aromatic rings. The number of benzene rings is 25. The van der Waals surface area contributed by atoms with Crippen LogP contribution in [0.4, 0.5) is 34.1 Å². The first-order valence-electron chi connectivity index (χ1n) is 51.6. The molecule has 0 atom stereocenters. The lowest BCUT2D eigenvalue weighted by molar-refractivity contribution is 0.623. The van der Waals surface area contributed by atoms with Crippen LogP contribution in [0.5, 0.6) is 0 Å². The predicted molar refractivity (Wildman–Crippen MR) is 618 cm³/mol. The van der Waals surface area contributed by atoms with Gasteiger partial charge < -0.3 is 9.80 Å². The number of anilines is 6. The summed E-state index contributed by atoms with van der Waals surface area (Å²) in [5.74, 6) is 0. The van der Waals surface area contributed by atoms with Gasteiger partial charge in [0.2, 0.25) is 0 Å². The molecule has 0 bridgehead atoms. The van der Waals surface area contributed by atoms with Crippen molar-refractivity contribution < 1.29 is 0 Å². The number of hydrogen-bond acceptors (Lipinski definition) is 2. The molecule has 25 aromatic carbocycles. The molecule has 0 saturated carbocycles. The lowest BCUT2D eigenvalue weighted by Gasteiger charge is -2.50. The van der Waals surface area contributed by atoms with Crippen molar-refractivity contribution in [3.8, 4) is 77.9 Å². The van der Waals surface area contributed by atoms with Gasteiger partial charge in [0.15, 0.2) is 0 Å². The van der Waals surface area contributed by atoms with E-state index in [1.807, 2.05) is 0 Å². The molecule has 0 radical (unpaired) electrons. The Morgan fingerprint density at radius 2 is 0.318 bits per heavy atom. The fourth-order valence-electron chi connectivity index (χ4n) is 26.3. The second-order valence-electron chi connectivity index (χ2n) is 39.8. The molecule has 0 saturated heterocycles. The number of para-hydroxylation sites is 1. The van der Waals surface area contributed by atoms with Crippen LogP contribution in [0.3, 0.4) is 0 Å². The minimum Gasteiger partial charge on any atom is -0.310 e. The molecule has 692 valence electrons. The molecule has 0 N–H and O–H groups in total. The van der Waals surface area contributed by atoms with E-state index in [4.69, 9.17) is 0 Å². The van der Waals surface area contributed by atoms with Crippen molar-refractivity contribution >= 4 is 77.2 Å². The molecule has 29 rings (SSSR count). The Hall–Kier alpha value is -18.9. The first-order chi connectivity index (χ1) is 73.4. The molecule has 0 unspecified atom stereocenters. The largest absolute Gasteiger partial charge is 0.310 e. The molecule has 0 fully saturated rings. The summed E-state index contributed by atoms with van der Waals surface area (Å²) in [4.78, 5) is 4.73. The second kappa shape index (κ2) is 35.6. The summed E-state index contributed by atoms with van der Waals surface area (Å²) in [5, 5.41) is 9.80. The van der Waals surface area contributed by atoms with Gasteiger partial charge in [0.05, 0.1) is 21.7 Å². The van der Waals surface area contributed by atoms with Gasteiger partial charge in [-0.05, 0) is 295 Å². The van der Waals surface area contributed by atoms with Crippen LogP contribution in [0, 0.1) is 0 Å². The van der Waals surface area contributed by atoms with Crippen LogP contribution in [-0.4, -0.2) is 0 Å². The topological polar surface area (TPSA) is 6.48 Å². The highest BCUT2D eigenvalue weighted by Gasteiger charge is 2.59. The van der Waals surface area contributed by atoms with Crippen molar-refractivity contribution in [1.82, 2.24) is 0 Å². The number of nitrogens with zero attached hydrogens (tertiary/aromatic N) is 2. The number of hydrogen-bond donors (Lipinski definition) is 0. The molecule has 0 aliphatic heterocycles. The normalized spacial score (nSPS) is 13.5. The van der Waals surface area contributed by atoms with Crippen LogP contribution < -0.4 is 9.80 Å². The van der Waals surface area contributed by atoms with Crippen molar-refractivity contribution in [2.75, 3.05) is 9.80 Å². The van der Waals surface area contributed by atoms with Gasteiger partial charge in [-0.15, -0.1) is 0 Å². The zero-order chi connectivity index (χ0) is 97.9. The molecule has 2 heteroatoms. The Morgan fingerprint density at radius 1 is 0.115 bits per heavy atom. The van der Waals surface area contributed by atoms with Crippen molar-refractivity contribution in [3.63, 3.8) is 0 Å². The maximum absolute atomic E-state index is 2.42. The number of rotatable bonds is 15. The van der Waals surface area contributed by atoms with E-state index in [1.54, 1.807) is 0 Å². The predicted octanol–water partition coefficient (Wildman–Crippen LogP) is 37.4. The molecule has 0 heterocycles. The SMILES string of the molecule is c1ccc(-c2ccc(N(c3ccc(-c4ccccc4)cc3)c3ccc4c(ccc5cc(-c6cccc7c6-c6ccccc6C76c7ccccc7C(c7ccccc7)(c7ccccc7)c7ccccc76)ccc54)c3)cc2)cc1.c1ccc(-c2ccc(N(c3ccccc3)c3ccc4c(ccc5cc(-c6cccc7c6-c6ccccc6C76c7ccccc7C(c7ccccc7)(c7ccccc7)c7ccccc76)ccc54)c3)cc2)cc1. The standard InChI is InChI=1S/C76H51N.C70H47N/c1-5-20-52(21-6-1)54-38-43-61(44-39-54)77(62-45-40-55(41-46-62)53-22-7-2-8-23-53)63-47-49-65-58(51-63)37-36-56-50-57(42-48-64(56)65)66-29-19-35-73-74(66)67-28-13-14-30-68(67)76(73)71-33-17-15-31-69(71)75(59-24-9-3-10-25-59,60-26-11-4-12-27-60)70-32-16-18-34-72(70)76;1-5-20-48(21-6-1)49-38-41-56(42-39-49)71(55-26-11-4-12-27-55)57-43-45-59-52(47-57)37-36-50-46-51(40-44-58(50)59)60-29-19-35-67-68(60)61-28-13-14-30-62(61)70(67)65-33-17-15-31-63(65)69(53-22-7-2-8-23-53,54-24-9-3-10-25-54)64-32-16-18-34-66(64)70/h1-51H;1-47H. The van der Waals surface area contributed by atoms with E-state index in [9.17, 15) is 0 Å². The lowest BCUT2D eigenvalue weighted by atomic mass is 9.51. The van der Waals surface area contributed by atoms with Crippen LogP contribution >= 0.6 is 0 Å². The van der Waals surface area contributed by atoms with Gasteiger partial charge in [-0.1, -0.05) is 510 Å². The summed E-state index contributed by atoms with van der Waals surface area (Å²) in [5.41, 5.74) is 42.8. The molecule has 0 aromatic heterocycles. The van der Waals surface area contributed by atoms with E-state index in [2.05, 4.69) is 604 Å². The van der Waals surface area contributed by atoms with Crippen LogP contribution in [0.15, 0.2) is 595 Å². The summed E-state index contributed by atoms with van der Waals surface area (Å²) < 4.78 is 0. The average molecular weight is 1880 g/mol. The van der Waals surface area contributed by atoms with Gasteiger partial charge in [0.1, 0.15) is 0 Å². The van der Waals surface area contributed by atoms with E-state index in [0.717, 1.165) is 34.1 Å². The van der Waals surface area contributed by atoms with E-state index in [0.29, 0.717) is 0 Å². The Balaban J connectivity index is 0.000000143. The summed E-state index contributed by atoms with van der Waals surface area (Å²) in [6, 6.07) is 221. The van der Waals surface area contributed by atoms with E-state index >= 15 is 0 Å². The molecule has 2 nitrogen and oxygen atoms in total. The van der Waals surface area contributed by atoms with E-state index < -0.39 is 21.7 Å². The fourth-order valence-corrected chi connectivity index (χ4v) is 26.3. The third-order valence-corrected chi connectivity index (χ3v) is 32.4. The minimum atomic E-state index is -0.561. The van der Waals surface area contributed by atoms with Gasteiger partial charge in [0.25, 0.3) is 0 Å². The summed E-state index contributed by atoms with van der Waals surface area (Å²) in [6.45, 7) is 0. The smallest absolute Gasteiger partial charge is 0.0720 e. The summed E-state index contributed by atoms with van der Waals surface area (Å²) in [6.07, 6.45) is 0. The highest BCUT2D eigenvalue weighted by molar-refractivity contribution is 6.13. The highest BCUT2D eigenvalue weighted by Crippen LogP contribution is 2.69. The monoisotopic (exact) mass is 1880 g/mol. The first-order valence-corrected chi connectivity index (χ1v) is 51.6. The van der Waals surface area contributed by atoms with Crippen LogP contribution in [0.2, 0.25) is 0 Å². The summed E-state index contributed by atoms with van der Waals surface area (Å²) in [7, 11) is 0. The fraction of sp³-hybridized carbons (Fsp3) is 0.0274. The average Bonchev–Trinajstić information content (AvgIpc) is 1.48. The van der Waals surface area contributed by atoms with Crippen molar-refractivity contribution in [3.05, 3.63) is 684 Å². The number of fused-ring (bicyclic) bond motifs is 24. The maximum Gasteiger partial charge on any atom is 0.0720 e. The zero-order valence-electron chi connectivity index (χ0n) is 81.5. The van der Waals surface area contributed by atoms with Gasteiger partial charge >= 0.3 is 0 Å². The second-order valence-corrected chi connectivity index (χ2v) is 39.8. The van der Waals surface area contributed by atoms with Crippen LogP contribution in [-0.2, 0) is 21.7 Å². The van der Waals surface area contributed by atoms with Crippen molar-refractivity contribution in [1.29, 1.82) is 0 Å². The van der Waals surface area contributed by atoms with E-state index in [-0.39, 0.29) is 0 Å². The maximum atomic E-state index is 2.42. The third-order valence-electron chi connectivity index (χ3n) is 32.4. The Labute approximate surface area is 863 Å². The molecule has 4 aliphatic carbocycles. The van der Waals surface area contributed by atoms with Gasteiger partial charge in [0, 0.05) is 34.1 Å². The molecule has 148 heavy (non-hydrogen) atoms. The Morgan fingerprint density at radius 3 is 0.615 bits per heavy atom. The first kappa shape index (κ1) is 87.0. The zero-order valence-corrected chi connectivity index (χ0v) is 81.5. The van der Waals surface area contributed by atoms with E-state index in [1.165, 1.54) is 210 Å². The van der Waals surface area contributed by atoms with Gasteiger partial charge in [-0.2, -0.15) is 0 Å². The molecular formula is C146H98N2. The lowest BCUT2D eigenvalue weighted by Crippen LogP contribution is -2.44. The van der Waals surface area contributed by atoms with Gasteiger partial charge in [-0.3, -0.25) is 0 Å². The highest BCUT2D eigenvalue weighted by atomic mass is 15.1. The Kier molecular flexibility index (Phi) is 20.9. The third kappa shape index (κ3) is 13.5. The van der Waals surface area contributed by atoms with Crippen LogP contribution in [0.1, 0.15) is 89.0 Å². The Bertz CT molecular complexity index is 9160. The minimum absolute atomic E-state index is 0.536. The van der Waals surface area contributed by atoms with Crippen molar-refractivity contribution in [2.45, 2.75) is 21.7 Å².